The molecule has 0 saturated carbocycles. The van der Waals surface area contributed by atoms with Crippen LogP contribution in [0.15, 0.2) is 30.3 Å². The Bertz CT molecular complexity index is 554. The summed E-state index contributed by atoms with van der Waals surface area (Å²) in [6, 6.07) is 9.64. The molecule has 4 nitrogen and oxygen atoms in total. The molecule has 25 heavy (non-hydrogen) atoms. The molecule has 0 spiro atoms. The van der Waals surface area contributed by atoms with E-state index in [9.17, 15) is 9.59 Å². The standard InChI is InChI=1S/C21H32O4/c1-5-20(3,18(23)15-22)13-10-14-21(4,6-2)19(24)25-16-17-11-8-7-9-12-17/h7-9,11-12,22H,5-6,10,13-16H2,1-4H3. The lowest BCUT2D eigenvalue weighted by molar-refractivity contribution is -0.157. The van der Waals surface area contributed by atoms with Crippen LogP contribution in [-0.2, 0) is 20.9 Å². The zero-order valence-corrected chi connectivity index (χ0v) is 16.0. The molecule has 0 heterocycles. The normalized spacial score (nSPS) is 15.9. The predicted octanol–water partition coefficient (Wildman–Crippen LogP) is 4.29. The van der Waals surface area contributed by atoms with E-state index in [1.807, 2.05) is 58.0 Å². The van der Waals surface area contributed by atoms with Gasteiger partial charge in [-0.2, -0.15) is 0 Å². The van der Waals surface area contributed by atoms with Crippen molar-refractivity contribution >= 4 is 11.8 Å². The first-order valence-electron chi connectivity index (χ1n) is 9.16. The Labute approximate surface area is 151 Å². The third-order valence-electron chi connectivity index (χ3n) is 5.54. The van der Waals surface area contributed by atoms with Crippen LogP contribution in [0.2, 0.25) is 0 Å². The summed E-state index contributed by atoms with van der Waals surface area (Å²) in [5.74, 6) is -0.314. The van der Waals surface area contributed by atoms with Gasteiger partial charge in [-0.25, -0.2) is 0 Å². The summed E-state index contributed by atoms with van der Waals surface area (Å²) < 4.78 is 5.52. The van der Waals surface area contributed by atoms with E-state index >= 15 is 0 Å². The van der Waals surface area contributed by atoms with Gasteiger partial charge in [-0.05, 0) is 38.2 Å². The second-order valence-electron chi connectivity index (χ2n) is 7.33. The van der Waals surface area contributed by atoms with E-state index in [0.29, 0.717) is 25.7 Å². The second kappa shape index (κ2) is 9.71. The fourth-order valence-electron chi connectivity index (χ4n) is 2.89. The quantitative estimate of drug-likeness (QED) is 0.606. The topological polar surface area (TPSA) is 63.6 Å². The van der Waals surface area contributed by atoms with E-state index in [-0.39, 0.29) is 18.4 Å². The van der Waals surface area contributed by atoms with Gasteiger partial charge in [-0.3, -0.25) is 9.59 Å². The van der Waals surface area contributed by atoms with Crippen LogP contribution in [0.1, 0.15) is 65.4 Å². The lowest BCUT2D eigenvalue weighted by Gasteiger charge is -2.30. The predicted molar refractivity (Wildman–Crippen MR) is 99.0 cm³/mol. The van der Waals surface area contributed by atoms with E-state index in [4.69, 9.17) is 9.84 Å². The Morgan fingerprint density at radius 1 is 1.00 bits per heavy atom. The summed E-state index contributed by atoms with van der Waals surface area (Å²) in [5.41, 5.74) is -0.0929. The number of carbonyl (C=O) groups is 2. The van der Waals surface area contributed by atoms with Crippen molar-refractivity contribution in [3.05, 3.63) is 35.9 Å². The van der Waals surface area contributed by atoms with Crippen LogP contribution in [0.3, 0.4) is 0 Å². The second-order valence-corrected chi connectivity index (χ2v) is 7.33. The lowest BCUT2D eigenvalue weighted by Crippen LogP contribution is -2.32. The fraction of sp³-hybridized carbons (Fsp3) is 0.619. The molecule has 0 aliphatic rings. The van der Waals surface area contributed by atoms with Gasteiger partial charge in [0.05, 0.1) is 5.41 Å². The molecule has 1 N–H and O–H groups in total. The van der Waals surface area contributed by atoms with Crippen molar-refractivity contribution in [2.75, 3.05) is 6.61 Å². The maximum Gasteiger partial charge on any atom is 0.312 e. The van der Waals surface area contributed by atoms with Gasteiger partial charge in [-0.1, -0.05) is 57.5 Å². The SMILES string of the molecule is CCC(C)(CCCC(C)(CC)C(=O)OCc1ccccc1)C(=O)CO. The van der Waals surface area contributed by atoms with Gasteiger partial charge in [-0.15, -0.1) is 0 Å². The monoisotopic (exact) mass is 348 g/mol. The Morgan fingerprint density at radius 2 is 1.56 bits per heavy atom. The van der Waals surface area contributed by atoms with E-state index in [2.05, 4.69) is 0 Å². The Balaban J connectivity index is 2.60. The van der Waals surface area contributed by atoms with Gasteiger partial charge < -0.3 is 9.84 Å². The van der Waals surface area contributed by atoms with Gasteiger partial charge in [0.25, 0.3) is 0 Å². The lowest BCUT2D eigenvalue weighted by atomic mass is 9.75. The maximum atomic E-state index is 12.6. The molecular formula is C21H32O4. The van der Waals surface area contributed by atoms with Gasteiger partial charge in [0, 0.05) is 5.41 Å². The molecule has 0 saturated heterocycles. The van der Waals surface area contributed by atoms with Crippen molar-refractivity contribution in [1.82, 2.24) is 0 Å². The first-order chi connectivity index (χ1) is 11.8. The molecule has 1 aromatic rings. The number of ether oxygens (including phenoxy) is 1. The molecule has 2 unspecified atom stereocenters. The molecule has 0 amide bonds. The van der Waals surface area contributed by atoms with E-state index in [1.54, 1.807) is 0 Å². The van der Waals surface area contributed by atoms with Crippen molar-refractivity contribution in [2.45, 2.75) is 66.4 Å². The van der Waals surface area contributed by atoms with Crippen LogP contribution >= 0.6 is 0 Å². The molecular weight excluding hydrogens is 316 g/mol. The first-order valence-corrected chi connectivity index (χ1v) is 9.16. The minimum atomic E-state index is -0.550. The molecule has 2 atom stereocenters. The number of hydrogen-bond acceptors (Lipinski definition) is 4. The van der Waals surface area contributed by atoms with Crippen LogP contribution in [0.4, 0.5) is 0 Å². The summed E-state index contributed by atoms with van der Waals surface area (Å²) >= 11 is 0. The molecule has 0 fully saturated rings. The van der Waals surface area contributed by atoms with E-state index in [1.165, 1.54) is 0 Å². The Kier molecular flexibility index (Phi) is 8.30. The number of benzene rings is 1. The van der Waals surface area contributed by atoms with Crippen LogP contribution in [-0.4, -0.2) is 23.5 Å². The van der Waals surface area contributed by atoms with Gasteiger partial charge in [0.1, 0.15) is 13.2 Å². The molecule has 4 heteroatoms. The molecule has 140 valence electrons. The molecule has 0 aromatic heterocycles. The molecule has 0 bridgehead atoms. The van der Waals surface area contributed by atoms with E-state index in [0.717, 1.165) is 12.0 Å². The van der Waals surface area contributed by atoms with Crippen LogP contribution in [0.5, 0.6) is 0 Å². The van der Waals surface area contributed by atoms with E-state index < -0.39 is 17.4 Å². The number of rotatable bonds is 11. The number of Topliss-reactive ketones (excluding diaryl/α,β-unsaturated/α-hetero) is 1. The summed E-state index contributed by atoms with van der Waals surface area (Å²) in [7, 11) is 0. The average molecular weight is 348 g/mol. The number of esters is 1. The number of aliphatic hydroxyl groups excluding tert-OH is 1. The van der Waals surface area contributed by atoms with Crippen LogP contribution < -0.4 is 0 Å². The number of carbonyl (C=O) groups excluding carboxylic acids is 2. The minimum absolute atomic E-state index is 0.125. The fourth-order valence-corrected chi connectivity index (χ4v) is 2.89. The zero-order valence-electron chi connectivity index (χ0n) is 16.0. The van der Waals surface area contributed by atoms with Crippen molar-refractivity contribution in [1.29, 1.82) is 0 Å². The summed E-state index contributed by atoms with van der Waals surface area (Å²) in [5, 5.41) is 9.15. The molecule has 0 aliphatic heterocycles. The zero-order chi connectivity index (χ0) is 18.9. The van der Waals surface area contributed by atoms with Crippen molar-refractivity contribution in [3.8, 4) is 0 Å². The van der Waals surface area contributed by atoms with Crippen LogP contribution in [0, 0.1) is 10.8 Å². The van der Waals surface area contributed by atoms with Crippen molar-refractivity contribution in [3.63, 3.8) is 0 Å². The molecule has 1 aromatic carbocycles. The van der Waals surface area contributed by atoms with Crippen molar-refractivity contribution < 1.29 is 19.4 Å². The summed E-state index contributed by atoms with van der Waals surface area (Å²) in [4.78, 5) is 24.5. The first kappa shape index (κ1) is 21.4. The highest BCUT2D eigenvalue weighted by Crippen LogP contribution is 2.35. The Hall–Kier alpha value is -1.68. The molecule has 1 rings (SSSR count). The molecule has 0 radical (unpaired) electrons. The largest absolute Gasteiger partial charge is 0.460 e. The average Bonchev–Trinajstić information content (AvgIpc) is 2.65. The number of hydrogen-bond donors (Lipinski definition) is 1. The summed E-state index contributed by atoms with van der Waals surface area (Å²) in [6.45, 7) is 7.63. The third-order valence-corrected chi connectivity index (χ3v) is 5.54. The third kappa shape index (κ3) is 5.96. The van der Waals surface area contributed by atoms with Crippen LogP contribution in [0.25, 0.3) is 0 Å². The summed E-state index contributed by atoms with van der Waals surface area (Å²) in [6.07, 6.45) is 3.47. The van der Waals surface area contributed by atoms with Gasteiger partial charge >= 0.3 is 5.97 Å². The highest BCUT2D eigenvalue weighted by atomic mass is 16.5. The Morgan fingerprint density at radius 3 is 2.08 bits per heavy atom. The van der Waals surface area contributed by atoms with Gasteiger partial charge in [0.2, 0.25) is 0 Å². The highest BCUT2D eigenvalue weighted by Gasteiger charge is 2.35. The maximum absolute atomic E-state index is 12.6. The highest BCUT2D eigenvalue weighted by molar-refractivity contribution is 5.85. The van der Waals surface area contributed by atoms with Crippen molar-refractivity contribution in [2.24, 2.45) is 10.8 Å². The number of ketones is 1. The smallest absolute Gasteiger partial charge is 0.312 e. The minimum Gasteiger partial charge on any atom is -0.460 e. The van der Waals surface area contributed by atoms with Gasteiger partial charge in [0.15, 0.2) is 5.78 Å². The number of aliphatic hydroxyl groups is 1. The molecule has 0 aliphatic carbocycles.